The number of rotatable bonds is 3. The molecular formula is C10H8FNO2. The maximum atomic E-state index is 13.1. The first-order valence-electron chi connectivity index (χ1n) is 4.12. The zero-order valence-corrected chi connectivity index (χ0v) is 7.31. The number of hydrogen-bond acceptors (Lipinski definition) is 3. The minimum absolute atomic E-state index is 0.230. The van der Waals surface area contributed by atoms with Crippen LogP contribution in [0.5, 0.6) is 5.75 Å². The lowest BCUT2D eigenvalue weighted by Crippen LogP contribution is -1.95. The van der Waals surface area contributed by atoms with Crippen molar-refractivity contribution in [3.8, 4) is 5.75 Å². The molecule has 0 atom stereocenters. The average molecular weight is 193 g/mol. The highest BCUT2D eigenvalue weighted by Crippen LogP contribution is 2.16. The highest BCUT2D eigenvalue weighted by molar-refractivity contribution is 5.23. The first kappa shape index (κ1) is 8.74. The Morgan fingerprint density at radius 3 is 2.93 bits per heavy atom. The predicted molar refractivity (Wildman–Crippen MR) is 47.2 cm³/mol. The zero-order chi connectivity index (χ0) is 9.80. The van der Waals surface area contributed by atoms with Crippen LogP contribution in [0, 0.1) is 5.82 Å². The molecule has 0 bridgehead atoms. The van der Waals surface area contributed by atoms with Crippen molar-refractivity contribution in [1.29, 1.82) is 0 Å². The van der Waals surface area contributed by atoms with Crippen LogP contribution in [0.1, 0.15) is 5.56 Å². The van der Waals surface area contributed by atoms with E-state index >= 15 is 0 Å². The summed E-state index contributed by atoms with van der Waals surface area (Å²) in [5.74, 6) is -0.141. The van der Waals surface area contributed by atoms with E-state index in [-0.39, 0.29) is 18.2 Å². The molecule has 0 spiro atoms. The molecule has 0 aliphatic rings. The first-order chi connectivity index (χ1) is 6.86. The Bertz CT molecular complexity index is 400. The van der Waals surface area contributed by atoms with E-state index in [1.54, 1.807) is 18.2 Å². The summed E-state index contributed by atoms with van der Waals surface area (Å²) in [4.78, 5) is 0. The summed E-state index contributed by atoms with van der Waals surface area (Å²) >= 11 is 0. The van der Waals surface area contributed by atoms with Gasteiger partial charge in [-0.1, -0.05) is 17.3 Å². The topological polar surface area (TPSA) is 35.3 Å². The smallest absolute Gasteiger partial charge is 0.165 e. The molecule has 0 fully saturated rings. The van der Waals surface area contributed by atoms with Crippen molar-refractivity contribution in [2.75, 3.05) is 0 Å². The standard InChI is InChI=1S/C10H8FNO2/c11-9-3-1-2-4-10(9)13-6-8-5-12-14-7-8/h1-5,7H,6H2. The summed E-state index contributed by atoms with van der Waals surface area (Å²) < 4.78 is 22.9. The van der Waals surface area contributed by atoms with Gasteiger partial charge in [-0.2, -0.15) is 0 Å². The Kier molecular flexibility index (Phi) is 2.44. The molecule has 2 aromatic rings. The second kappa shape index (κ2) is 3.91. The molecule has 0 N–H and O–H groups in total. The van der Waals surface area contributed by atoms with Gasteiger partial charge < -0.3 is 9.26 Å². The van der Waals surface area contributed by atoms with Gasteiger partial charge in [-0.05, 0) is 12.1 Å². The van der Waals surface area contributed by atoms with Gasteiger partial charge >= 0.3 is 0 Å². The van der Waals surface area contributed by atoms with E-state index in [4.69, 9.17) is 4.74 Å². The Morgan fingerprint density at radius 2 is 2.21 bits per heavy atom. The number of para-hydroxylation sites is 1. The largest absolute Gasteiger partial charge is 0.486 e. The van der Waals surface area contributed by atoms with Crippen LogP contribution in [0.25, 0.3) is 0 Å². The van der Waals surface area contributed by atoms with Crippen LogP contribution in [-0.2, 0) is 6.61 Å². The van der Waals surface area contributed by atoms with E-state index < -0.39 is 0 Å². The molecule has 72 valence electrons. The molecule has 14 heavy (non-hydrogen) atoms. The number of halogens is 1. The summed E-state index contributed by atoms with van der Waals surface area (Å²) in [5, 5.41) is 3.51. The molecule has 0 saturated carbocycles. The van der Waals surface area contributed by atoms with Gasteiger partial charge in [0, 0.05) is 5.56 Å². The van der Waals surface area contributed by atoms with Crippen molar-refractivity contribution in [2.45, 2.75) is 6.61 Å². The fourth-order valence-electron chi connectivity index (χ4n) is 1.02. The molecular weight excluding hydrogens is 185 g/mol. The molecule has 4 heteroatoms. The molecule has 0 unspecified atom stereocenters. The van der Waals surface area contributed by atoms with Crippen molar-refractivity contribution < 1.29 is 13.7 Å². The molecule has 0 aliphatic carbocycles. The molecule has 1 aromatic heterocycles. The van der Waals surface area contributed by atoms with Gasteiger partial charge in [-0.25, -0.2) is 4.39 Å². The average Bonchev–Trinajstić information content (AvgIpc) is 2.69. The minimum Gasteiger partial charge on any atom is -0.486 e. The Morgan fingerprint density at radius 1 is 1.36 bits per heavy atom. The maximum absolute atomic E-state index is 13.1. The van der Waals surface area contributed by atoms with Gasteiger partial charge in [0.05, 0.1) is 6.20 Å². The van der Waals surface area contributed by atoms with Crippen molar-refractivity contribution in [2.24, 2.45) is 0 Å². The molecule has 2 rings (SSSR count). The zero-order valence-electron chi connectivity index (χ0n) is 7.31. The Balaban J connectivity index is 2.02. The van der Waals surface area contributed by atoms with Gasteiger partial charge in [0.25, 0.3) is 0 Å². The van der Waals surface area contributed by atoms with E-state index in [0.29, 0.717) is 0 Å². The normalized spacial score (nSPS) is 10.1. The van der Waals surface area contributed by atoms with Crippen LogP contribution >= 0.6 is 0 Å². The van der Waals surface area contributed by atoms with Gasteiger partial charge in [-0.3, -0.25) is 0 Å². The second-order valence-corrected chi connectivity index (χ2v) is 2.75. The van der Waals surface area contributed by atoms with E-state index in [1.807, 2.05) is 0 Å². The number of benzene rings is 1. The highest BCUT2D eigenvalue weighted by Gasteiger charge is 2.02. The summed E-state index contributed by atoms with van der Waals surface area (Å²) in [6.07, 6.45) is 2.99. The SMILES string of the molecule is Fc1ccccc1OCc1cnoc1. The lowest BCUT2D eigenvalue weighted by Gasteiger charge is -2.04. The summed E-state index contributed by atoms with van der Waals surface area (Å²) in [6.45, 7) is 0.254. The monoisotopic (exact) mass is 193 g/mol. The third-order valence-electron chi connectivity index (χ3n) is 1.71. The highest BCUT2D eigenvalue weighted by atomic mass is 19.1. The van der Waals surface area contributed by atoms with Gasteiger partial charge in [-0.15, -0.1) is 0 Å². The molecule has 0 saturated heterocycles. The van der Waals surface area contributed by atoms with E-state index in [0.717, 1.165) is 5.56 Å². The van der Waals surface area contributed by atoms with Gasteiger partial charge in [0.2, 0.25) is 0 Å². The van der Waals surface area contributed by atoms with Crippen LogP contribution in [0.15, 0.2) is 41.2 Å². The fourth-order valence-corrected chi connectivity index (χ4v) is 1.02. The lowest BCUT2D eigenvalue weighted by atomic mass is 10.3. The minimum atomic E-state index is -0.371. The quantitative estimate of drug-likeness (QED) is 0.750. The van der Waals surface area contributed by atoms with Crippen LogP contribution in [0.4, 0.5) is 4.39 Å². The fraction of sp³-hybridized carbons (Fsp3) is 0.100. The number of aromatic nitrogens is 1. The molecule has 3 nitrogen and oxygen atoms in total. The third kappa shape index (κ3) is 1.90. The number of hydrogen-bond donors (Lipinski definition) is 0. The number of nitrogens with zero attached hydrogens (tertiary/aromatic N) is 1. The van der Waals surface area contributed by atoms with Crippen molar-refractivity contribution >= 4 is 0 Å². The lowest BCUT2D eigenvalue weighted by molar-refractivity contribution is 0.289. The van der Waals surface area contributed by atoms with Crippen LogP contribution in [-0.4, -0.2) is 5.16 Å². The van der Waals surface area contributed by atoms with Crippen molar-refractivity contribution in [3.63, 3.8) is 0 Å². The summed E-state index contributed by atoms with van der Waals surface area (Å²) in [5.41, 5.74) is 0.772. The van der Waals surface area contributed by atoms with Crippen LogP contribution in [0.3, 0.4) is 0 Å². The second-order valence-electron chi connectivity index (χ2n) is 2.75. The number of ether oxygens (including phenoxy) is 1. The molecule has 0 amide bonds. The van der Waals surface area contributed by atoms with Crippen molar-refractivity contribution in [3.05, 3.63) is 48.1 Å². The van der Waals surface area contributed by atoms with E-state index in [2.05, 4.69) is 9.68 Å². The molecule has 0 radical (unpaired) electrons. The summed E-state index contributed by atoms with van der Waals surface area (Å²) in [7, 11) is 0. The van der Waals surface area contributed by atoms with Crippen LogP contribution in [0.2, 0.25) is 0 Å². The first-order valence-corrected chi connectivity index (χ1v) is 4.12. The van der Waals surface area contributed by atoms with Crippen molar-refractivity contribution in [1.82, 2.24) is 5.16 Å². The molecule has 1 aromatic carbocycles. The molecule has 0 aliphatic heterocycles. The summed E-state index contributed by atoms with van der Waals surface area (Å²) in [6, 6.07) is 6.25. The maximum Gasteiger partial charge on any atom is 0.165 e. The van der Waals surface area contributed by atoms with Crippen LogP contribution < -0.4 is 4.74 Å². The predicted octanol–water partition coefficient (Wildman–Crippen LogP) is 2.39. The Labute approximate surface area is 80.1 Å². The van der Waals surface area contributed by atoms with E-state index in [1.165, 1.54) is 18.5 Å². The van der Waals surface area contributed by atoms with Gasteiger partial charge in [0.1, 0.15) is 12.9 Å². The third-order valence-corrected chi connectivity index (χ3v) is 1.71. The molecule has 1 heterocycles. The van der Waals surface area contributed by atoms with Gasteiger partial charge in [0.15, 0.2) is 11.6 Å². The Hall–Kier alpha value is -1.84. The van der Waals surface area contributed by atoms with E-state index in [9.17, 15) is 4.39 Å².